The summed E-state index contributed by atoms with van der Waals surface area (Å²) in [6.45, 7) is 0. The Kier molecular flexibility index (Phi) is 4.43. The number of nitrogens with zero attached hydrogens (tertiary/aromatic N) is 5. The second-order valence-corrected chi connectivity index (χ2v) is 7.58. The Labute approximate surface area is 177 Å². The lowest BCUT2D eigenvalue weighted by Gasteiger charge is -2.42. The maximum absolute atomic E-state index is 11.0. The van der Waals surface area contributed by atoms with Gasteiger partial charge in [0.2, 0.25) is 0 Å². The predicted octanol–water partition coefficient (Wildman–Crippen LogP) is 4.03. The van der Waals surface area contributed by atoms with E-state index in [-0.39, 0.29) is 18.5 Å². The van der Waals surface area contributed by atoms with E-state index in [0.29, 0.717) is 11.3 Å². The van der Waals surface area contributed by atoms with Crippen molar-refractivity contribution in [1.29, 1.82) is 21.0 Å². The summed E-state index contributed by atoms with van der Waals surface area (Å²) < 4.78 is 0. The summed E-state index contributed by atoms with van der Waals surface area (Å²) in [5, 5.41) is 52.0. The molecule has 8 nitrogen and oxygen atoms in total. The molecule has 0 aliphatic heterocycles. The third-order valence-corrected chi connectivity index (χ3v) is 6.14. The molecular formula is C23H14N6O2. The average molecular weight is 406 g/mol. The fourth-order valence-electron chi connectivity index (χ4n) is 4.57. The number of para-hydroxylation sites is 1. The van der Waals surface area contributed by atoms with Gasteiger partial charge in [-0.15, -0.1) is 0 Å². The van der Waals surface area contributed by atoms with Crippen molar-refractivity contribution < 1.29 is 4.92 Å². The molecule has 4 rings (SSSR count). The van der Waals surface area contributed by atoms with E-state index in [2.05, 4.69) is 4.98 Å². The molecular weight excluding hydrogens is 392 g/mol. The molecule has 1 aliphatic carbocycles. The average Bonchev–Trinajstić information content (AvgIpc) is 3.16. The topological polar surface area (TPSA) is 154 Å². The van der Waals surface area contributed by atoms with Crippen LogP contribution in [0.25, 0.3) is 10.9 Å². The Hall–Kier alpha value is -4.66. The highest BCUT2D eigenvalue weighted by Gasteiger charge is 2.63. The second kappa shape index (κ2) is 6.99. The lowest BCUT2D eigenvalue weighted by molar-refractivity contribution is -0.384. The van der Waals surface area contributed by atoms with Crippen molar-refractivity contribution in [3.05, 3.63) is 75.5 Å². The van der Waals surface area contributed by atoms with Gasteiger partial charge in [0.15, 0.2) is 10.8 Å². The van der Waals surface area contributed by atoms with Crippen LogP contribution in [0.15, 0.2) is 48.5 Å². The number of nitro groups is 1. The number of fused-ring (bicyclic) bond motifs is 3. The number of hydrogen-bond acceptors (Lipinski definition) is 6. The summed E-state index contributed by atoms with van der Waals surface area (Å²) in [5.41, 5.74) is -1.02. The van der Waals surface area contributed by atoms with Crippen molar-refractivity contribution in [2.24, 2.45) is 10.8 Å². The summed E-state index contributed by atoms with van der Waals surface area (Å²) >= 11 is 0. The lowest BCUT2D eigenvalue weighted by Crippen LogP contribution is -2.48. The van der Waals surface area contributed by atoms with Crippen molar-refractivity contribution in [2.75, 3.05) is 0 Å². The van der Waals surface area contributed by atoms with Gasteiger partial charge in [0.05, 0.1) is 29.2 Å². The Morgan fingerprint density at radius 1 is 1.00 bits per heavy atom. The maximum atomic E-state index is 11.0. The second-order valence-electron chi connectivity index (χ2n) is 7.58. The van der Waals surface area contributed by atoms with Crippen LogP contribution < -0.4 is 0 Å². The van der Waals surface area contributed by atoms with E-state index in [4.69, 9.17) is 0 Å². The van der Waals surface area contributed by atoms with Crippen LogP contribution in [0.5, 0.6) is 0 Å². The lowest BCUT2D eigenvalue weighted by atomic mass is 9.52. The normalized spacial score (nSPS) is 18.0. The van der Waals surface area contributed by atoms with Crippen molar-refractivity contribution in [1.82, 2.24) is 4.98 Å². The number of nitrogens with one attached hydrogen (secondary N) is 1. The number of aromatic amines is 1. The third-order valence-electron chi connectivity index (χ3n) is 6.14. The van der Waals surface area contributed by atoms with E-state index < -0.39 is 21.7 Å². The molecule has 3 aromatic rings. The molecule has 8 heteroatoms. The molecule has 0 saturated heterocycles. The minimum atomic E-state index is -1.92. The summed E-state index contributed by atoms with van der Waals surface area (Å²) in [6, 6.07) is 21.3. The van der Waals surface area contributed by atoms with E-state index in [9.17, 15) is 31.2 Å². The molecule has 0 saturated carbocycles. The molecule has 0 radical (unpaired) electrons. The van der Waals surface area contributed by atoms with E-state index in [1.54, 1.807) is 12.1 Å². The predicted molar refractivity (Wildman–Crippen MR) is 109 cm³/mol. The summed E-state index contributed by atoms with van der Waals surface area (Å²) in [7, 11) is 0. The van der Waals surface area contributed by atoms with Crippen LogP contribution in [0.2, 0.25) is 0 Å². The first-order chi connectivity index (χ1) is 14.9. The number of rotatable bonds is 3. The number of benzene rings is 2. The van der Waals surface area contributed by atoms with Gasteiger partial charge in [-0.25, -0.2) is 0 Å². The number of nitriles is 4. The van der Waals surface area contributed by atoms with Gasteiger partial charge in [-0.1, -0.05) is 30.3 Å². The van der Waals surface area contributed by atoms with E-state index in [1.165, 1.54) is 12.1 Å². The SMILES string of the molecule is N#CC1(C#N)Cc2[nH]c3ccccc3c2C(Cc2ccc([N+](=O)[O-])cc2)C1(C#N)C#N. The standard InChI is InChI=1S/C23H14N6O2/c24-11-22(12-25)10-20-21(17-3-1-2-4-19(17)28-20)18(23(22,13-26)14-27)9-15-5-7-16(8-6-15)29(30)31/h1-8,18,28H,9-10H2. The highest BCUT2D eigenvalue weighted by atomic mass is 16.6. The Bertz CT molecular complexity index is 1350. The first kappa shape index (κ1) is 19.6. The molecule has 1 aromatic heterocycles. The number of H-pyrrole nitrogens is 1. The molecule has 148 valence electrons. The van der Waals surface area contributed by atoms with Crippen LogP contribution in [-0.2, 0) is 12.8 Å². The molecule has 1 heterocycles. The van der Waals surface area contributed by atoms with Crippen LogP contribution in [0.3, 0.4) is 0 Å². The summed E-state index contributed by atoms with van der Waals surface area (Å²) in [6.07, 6.45) is 0.0982. The van der Waals surface area contributed by atoms with Gasteiger partial charge in [-0.2, -0.15) is 21.0 Å². The molecule has 1 aliphatic rings. The van der Waals surface area contributed by atoms with Gasteiger partial charge >= 0.3 is 0 Å². The van der Waals surface area contributed by atoms with Gasteiger partial charge in [0, 0.05) is 41.1 Å². The van der Waals surface area contributed by atoms with Crippen LogP contribution in [-0.4, -0.2) is 9.91 Å². The molecule has 31 heavy (non-hydrogen) atoms. The number of non-ortho nitro benzene ring substituents is 1. The van der Waals surface area contributed by atoms with E-state index in [1.807, 2.05) is 48.5 Å². The Morgan fingerprint density at radius 3 is 2.23 bits per heavy atom. The monoisotopic (exact) mass is 406 g/mol. The van der Waals surface area contributed by atoms with E-state index >= 15 is 0 Å². The molecule has 1 unspecified atom stereocenters. The van der Waals surface area contributed by atoms with Gasteiger partial charge in [0.1, 0.15) is 0 Å². The molecule has 2 aromatic carbocycles. The molecule has 0 spiro atoms. The molecule has 0 fully saturated rings. The molecule has 1 atom stereocenters. The fourth-order valence-corrected chi connectivity index (χ4v) is 4.57. The highest BCUT2D eigenvalue weighted by molar-refractivity contribution is 5.86. The maximum Gasteiger partial charge on any atom is 0.269 e. The Balaban J connectivity index is 1.98. The zero-order valence-electron chi connectivity index (χ0n) is 16.2. The van der Waals surface area contributed by atoms with Crippen molar-refractivity contribution >= 4 is 16.6 Å². The smallest absolute Gasteiger partial charge is 0.269 e. The fraction of sp³-hybridized carbons (Fsp3) is 0.217. The minimum absolute atomic E-state index is 0.0676. The largest absolute Gasteiger partial charge is 0.358 e. The van der Waals surface area contributed by atoms with Crippen LogP contribution >= 0.6 is 0 Å². The van der Waals surface area contributed by atoms with Gasteiger partial charge < -0.3 is 4.98 Å². The van der Waals surface area contributed by atoms with Crippen LogP contribution in [0.1, 0.15) is 22.7 Å². The van der Waals surface area contributed by atoms with E-state index in [0.717, 1.165) is 16.5 Å². The van der Waals surface area contributed by atoms with Crippen molar-refractivity contribution in [3.8, 4) is 24.3 Å². The third kappa shape index (κ3) is 2.64. The first-order valence-electron chi connectivity index (χ1n) is 9.43. The zero-order chi connectivity index (χ0) is 22.2. The van der Waals surface area contributed by atoms with Gasteiger partial charge in [-0.05, 0) is 23.6 Å². The van der Waals surface area contributed by atoms with Crippen LogP contribution in [0, 0.1) is 66.3 Å². The van der Waals surface area contributed by atoms with Crippen molar-refractivity contribution in [3.63, 3.8) is 0 Å². The summed E-state index contributed by atoms with van der Waals surface area (Å²) in [4.78, 5) is 13.7. The van der Waals surface area contributed by atoms with Gasteiger partial charge in [-0.3, -0.25) is 10.1 Å². The van der Waals surface area contributed by atoms with Crippen LogP contribution in [0.4, 0.5) is 5.69 Å². The summed E-state index contributed by atoms with van der Waals surface area (Å²) in [5.74, 6) is -0.789. The van der Waals surface area contributed by atoms with Crippen molar-refractivity contribution in [2.45, 2.75) is 18.8 Å². The number of hydrogen-bond donors (Lipinski definition) is 1. The minimum Gasteiger partial charge on any atom is -0.358 e. The first-order valence-corrected chi connectivity index (χ1v) is 9.43. The zero-order valence-corrected chi connectivity index (χ0v) is 16.2. The van der Waals surface area contributed by atoms with Gasteiger partial charge in [0.25, 0.3) is 5.69 Å². The molecule has 0 amide bonds. The quantitative estimate of drug-likeness (QED) is 0.511. The number of aromatic nitrogens is 1. The molecule has 0 bridgehead atoms. The molecule has 1 N–H and O–H groups in total. The Morgan fingerprint density at radius 2 is 1.65 bits per heavy atom. The number of nitro benzene ring substituents is 1. The highest BCUT2D eigenvalue weighted by Crippen LogP contribution is 2.57.